The number of esters is 1. The topological polar surface area (TPSA) is 112 Å². The summed E-state index contributed by atoms with van der Waals surface area (Å²) >= 11 is 0. The molecule has 0 N–H and O–H groups in total. The summed E-state index contributed by atoms with van der Waals surface area (Å²) in [5, 5.41) is 0. The molecule has 0 aliphatic carbocycles. The van der Waals surface area contributed by atoms with E-state index in [-0.39, 0.29) is 29.8 Å². The number of nitrogens with zero attached hydrogens (tertiary/aromatic N) is 2. The monoisotopic (exact) mass is 484 g/mol. The molecule has 1 aliphatic rings. The van der Waals surface area contributed by atoms with E-state index in [9.17, 15) is 19.2 Å². The Labute approximate surface area is 203 Å². The summed E-state index contributed by atoms with van der Waals surface area (Å²) in [6, 6.07) is 9.46. The van der Waals surface area contributed by atoms with E-state index in [2.05, 4.69) is 0 Å². The van der Waals surface area contributed by atoms with Crippen molar-refractivity contribution in [2.24, 2.45) is 0 Å². The lowest BCUT2D eigenvalue weighted by atomic mass is 10.1. The fourth-order valence-electron chi connectivity index (χ4n) is 3.65. The van der Waals surface area contributed by atoms with Crippen molar-refractivity contribution < 1.29 is 38.1 Å². The normalized spacial score (nSPS) is 12.4. The predicted molar refractivity (Wildman–Crippen MR) is 125 cm³/mol. The number of hydrogen-bond acceptors (Lipinski definition) is 8. The van der Waals surface area contributed by atoms with E-state index in [1.165, 1.54) is 37.3 Å². The molecule has 0 saturated heterocycles. The maximum atomic E-state index is 12.6. The van der Waals surface area contributed by atoms with Gasteiger partial charge in [-0.15, -0.1) is 0 Å². The van der Waals surface area contributed by atoms with Gasteiger partial charge in [0.2, 0.25) is 0 Å². The number of carbonyl (C=O) groups excluding carboxylic acids is 4. The van der Waals surface area contributed by atoms with Crippen molar-refractivity contribution in [3.63, 3.8) is 0 Å². The van der Waals surface area contributed by atoms with Crippen molar-refractivity contribution in [2.45, 2.75) is 13.0 Å². The van der Waals surface area contributed by atoms with Gasteiger partial charge in [0.1, 0.15) is 0 Å². The van der Waals surface area contributed by atoms with Crippen LogP contribution in [0.25, 0.3) is 0 Å². The summed E-state index contributed by atoms with van der Waals surface area (Å²) in [5.74, 6) is -0.941. The number of methoxy groups -OCH3 is 3. The van der Waals surface area contributed by atoms with Crippen LogP contribution in [0.15, 0.2) is 36.4 Å². The maximum absolute atomic E-state index is 12.6. The molecular formula is C25H28N2O8. The SMILES string of the molecule is COCCCN1C(=O)c2ccc(C(=O)OCC(=O)N(C)Cc3ccc(OC)c(OC)c3)cc2C1=O. The Bertz CT molecular complexity index is 1130. The summed E-state index contributed by atoms with van der Waals surface area (Å²) in [4.78, 5) is 52.7. The zero-order valence-corrected chi connectivity index (χ0v) is 20.2. The van der Waals surface area contributed by atoms with Gasteiger partial charge in [-0.25, -0.2) is 4.79 Å². The molecule has 0 saturated carbocycles. The highest BCUT2D eigenvalue weighted by molar-refractivity contribution is 6.22. The van der Waals surface area contributed by atoms with Crippen molar-refractivity contribution in [1.82, 2.24) is 9.80 Å². The first-order chi connectivity index (χ1) is 16.8. The highest BCUT2D eigenvalue weighted by atomic mass is 16.5. The van der Waals surface area contributed by atoms with E-state index in [0.29, 0.717) is 24.5 Å². The largest absolute Gasteiger partial charge is 0.493 e. The molecule has 2 aromatic carbocycles. The first-order valence-electron chi connectivity index (χ1n) is 10.9. The molecule has 2 aromatic rings. The highest BCUT2D eigenvalue weighted by Gasteiger charge is 2.35. The minimum Gasteiger partial charge on any atom is -0.493 e. The molecule has 1 aliphatic heterocycles. The first-order valence-corrected chi connectivity index (χ1v) is 10.9. The van der Waals surface area contributed by atoms with Crippen molar-refractivity contribution >= 4 is 23.7 Å². The van der Waals surface area contributed by atoms with E-state index >= 15 is 0 Å². The van der Waals surface area contributed by atoms with Gasteiger partial charge in [0.05, 0.1) is 30.9 Å². The smallest absolute Gasteiger partial charge is 0.338 e. The second kappa shape index (κ2) is 11.5. The van der Waals surface area contributed by atoms with Gasteiger partial charge in [-0.2, -0.15) is 0 Å². The molecule has 0 atom stereocenters. The quantitative estimate of drug-likeness (QED) is 0.271. The Morgan fingerprint density at radius 3 is 2.31 bits per heavy atom. The molecule has 3 rings (SSSR count). The molecule has 0 fully saturated rings. The molecule has 35 heavy (non-hydrogen) atoms. The van der Waals surface area contributed by atoms with Crippen LogP contribution in [-0.4, -0.2) is 81.6 Å². The summed E-state index contributed by atoms with van der Waals surface area (Å²) in [6.07, 6.45) is 0.510. The van der Waals surface area contributed by atoms with Gasteiger partial charge >= 0.3 is 5.97 Å². The van der Waals surface area contributed by atoms with Crippen LogP contribution in [0.1, 0.15) is 43.1 Å². The second-order valence-electron chi connectivity index (χ2n) is 7.88. The standard InChI is InChI=1S/C25H28N2O8/c1-26(14-16-6-9-20(33-3)21(12-16)34-4)22(28)15-35-25(31)17-7-8-18-19(13-17)24(30)27(23(18)29)10-5-11-32-2/h6-9,12-13H,5,10-11,14-15H2,1-4H3. The molecule has 10 heteroatoms. The lowest BCUT2D eigenvalue weighted by Gasteiger charge is -2.18. The minimum absolute atomic E-state index is 0.0824. The Balaban J connectivity index is 1.59. The number of benzene rings is 2. The number of carbonyl (C=O) groups is 4. The van der Waals surface area contributed by atoms with Gasteiger partial charge in [0.25, 0.3) is 17.7 Å². The first kappa shape index (κ1) is 25.7. The van der Waals surface area contributed by atoms with Gasteiger partial charge in [0, 0.05) is 33.9 Å². The number of rotatable bonds is 11. The zero-order chi connectivity index (χ0) is 25.5. The second-order valence-corrected chi connectivity index (χ2v) is 7.88. The third kappa shape index (κ3) is 5.78. The summed E-state index contributed by atoms with van der Waals surface area (Å²) in [7, 11) is 6.19. The van der Waals surface area contributed by atoms with E-state index < -0.39 is 30.3 Å². The molecule has 186 valence electrons. The third-order valence-electron chi connectivity index (χ3n) is 5.56. The Morgan fingerprint density at radius 2 is 1.63 bits per heavy atom. The van der Waals surface area contributed by atoms with E-state index in [1.54, 1.807) is 32.4 Å². The molecular weight excluding hydrogens is 456 g/mol. The molecule has 0 spiro atoms. The van der Waals surface area contributed by atoms with Crippen molar-refractivity contribution in [2.75, 3.05) is 48.1 Å². The number of imide groups is 1. The Morgan fingerprint density at radius 1 is 0.914 bits per heavy atom. The number of hydrogen-bond donors (Lipinski definition) is 0. The summed E-state index contributed by atoms with van der Waals surface area (Å²) in [6.45, 7) is 0.432. The van der Waals surface area contributed by atoms with E-state index in [0.717, 1.165) is 10.5 Å². The summed E-state index contributed by atoms with van der Waals surface area (Å²) < 4.78 is 20.6. The van der Waals surface area contributed by atoms with Crippen LogP contribution in [0.4, 0.5) is 0 Å². The average molecular weight is 485 g/mol. The van der Waals surface area contributed by atoms with Gasteiger partial charge < -0.3 is 23.8 Å². The van der Waals surface area contributed by atoms with Crippen LogP contribution >= 0.6 is 0 Å². The molecule has 0 radical (unpaired) electrons. The molecule has 0 bridgehead atoms. The maximum Gasteiger partial charge on any atom is 0.338 e. The number of amides is 3. The van der Waals surface area contributed by atoms with Gasteiger partial charge in [-0.05, 0) is 42.3 Å². The van der Waals surface area contributed by atoms with Crippen LogP contribution in [0.5, 0.6) is 11.5 Å². The van der Waals surface area contributed by atoms with Crippen LogP contribution in [0.2, 0.25) is 0 Å². The lowest BCUT2D eigenvalue weighted by molar-refractivity contribution is -0.133. The van der Waals surface area contributed by atoms with Crippen LogP contribution in [0.3, 0.4) is 0 Å². The number of ether oxygens (including phenoxy) is 4. The molecule has 3 amide bonds. The minimum atomic E-state index is -0.765. The van der Waals surface area contributed by atoms with E-state index in [1.807, 2.05) is 0 Å². The highest BCUT2D eigenvalue weighted by Crippen LogP contribution is 2.28. The average Bonchev–Trinajstić information content (AvgIpc) is 3.11. The van der Waals surface area contributed by atoms with Crippen molar-refractivity contribution in [3.8, 4) is 11.5 Å². The molecule has 0 unspecified atom stereocenters. The van der Waals surface area contributed by atoms with Crippen molar-refractivity contribution in [3.05, 3.63) is 58.7 Å². The zero-order valence-electron chi connectivity index (χ0n) is 20.2. The molecule has 0 aromatic heterocycles. The third-order valence-corrected chi connectivity index (χ3v) is 5.56. The van der Waals surface area contributed by atoms with Crippen LogP contribution in [0, 0.1) is 0 Å². The fraction of sp³-hybridized carbons (Fsp3) is 0.360. The predicted octanol–water partition coefficient (Wildman–Crippen LogP) is 2.15. The van der Waals surface area contributed by atoms with E-state index in [4.69, 9.17) is 18.9 Å². The summed E-state index contributed by atoms with van der Waals surface area (Å²) in [5.41, 5.74) is 1.26. The molecule has 10 nitrogen and oxygen atoms in total. The van der Waals surface area contributed by atoms with Crippen LogP contribution < -0.4 is 9.47 Å². The molecule has 1 heterocycles. The van der Waals surface area contributed by atoms with Gasteiger partial charge in [0.15, 0.2) is 18.1 Å². The van der Waals surface area contributed by atoms with Crippen molar-refractivity contribution in [1.29, 1.82) is 0 Å². The number of fused-ring (bicyclic) bond motifs is 1. The number of likely N-dealkylation sites (N-methyl/N-ethyl adjacent to an activating group) is 1. The Hall–Kier alpha value is -3.92. The van der Waals surface area contributed by atoms with Gasteiger partial charge in [-0.3, -0.25) is 19.3 Å². The van der Waals surface area contributed by atoms with Crippen LogP contribution in [-0.2, 0) is 20.8 Å². The van der Waals surface area contributed by atoms with Gasteiger partial charge in [-0.1, -0.05) is 6.07 Å². The Kier molecular flexibility index (Phi) is 8.43. The lowest BCUT2D eigenvalue weighted by Crippen LogP contribution is -2.31. The fourth-order valence-corrected chi connectivity index (χ4v) is 3.65.